The first-order valence-corrected chi connectivity index (χ1v) is 8.37. The Bertz CT molecular complexity index is 828. The molecule has 26 heavy (non-hydrogen) atoms. The summed E-state index contributed by atoms with van der Waals surface area (Å²) < 4.78 is 44.6. The van der Waals surface area contributed by atoms with Gasteiger partial charge in [-0.3, -0.25) is 4.99 Å². The summed E-state index contributed by atoms with van der Waals surface area (Å²) in [6.45, 7) is 6.07. The molecular weight excluding hydrogens is 365 g/mol. The number of halogens is 4. The minimum absolute atomic E-state index is 0.0836. The van der Waals surface area contributed by atoms with Gasteiger partial charge in [0.2, 0.25) is 0 Å². The van der Waals surface area contributed by atoms with Crippen molar-refractivity contribution in [3.63, 3.8) is 0 Å². The average Bonchev–Trinajstić information content (AvgIpc) is 2.52. The molecule has 0 aliphatic rings. The monoisotopic (exact) mass is 384 g/mol. The smallest absolute Gasteiger partial charge is 0.417 e. The summed E-state index contributed by atoms with van der Waals surface area (Å²) in [7, 11) is 0. The topological polar surface area (TPSA) is 47.6 Å². The predicted molar refractivity (Wildman–Crippen MR) is 98.3 cm³/mol. The van der Waals surface area contributed by atoms with Gasteiger partial charge in [-0.1, -0.05) is 17.7 Å². The molecule has 0 atom stereocenters. The van der Waals surface area contributed by atoms with E-state index in [1.807, 2.05) is 26.0 Å². The molecule has 0 unspecified atom stereocenters. The molecule has 0 aliphatic carbocycles. The van der Waals surface area contributed by atoms with Crippen LogP contribution in [0.5, 0.6) is 11.5 Å². The Morgan fingerprint density at radius 3 is 2.46 bits per heavy atom. The van der Waals surface area contributed by atoms with Gasteiger partial charge in [0.25, 0.3) is 0 Å². The third-order valence-electron chi connectivity index (χ3n) is 3.85. The van der Waals surface area contributed by atoms with Gasteiger partial charge in [0, 0.05) is 6.54 Å². The van der Waals surface area contributed by atoms with Crippen LogP contribution in [-0.2, 0) is 12.6 Å². The van der Waals surface area contributed by atoms with Gasteiger partial charge in [-0.25, -0.2) is 0 Å². The summed E-state index contributed by atoms with van der Waals surface area (Å²) in [6.07, 6.45) is -3.81. The van der Waals surface area contributed by atoms with E-state index in [1.54, 1.807) is 6.92 Å². The number of rotatable bonds is 5. The van der Waals surface area contributed by atoms with Crippen LogP contribution in [0.1, 0.15) is 29.2 Å². The Morgan fingerprint density at radius 1 is 1.15 bits per heavy atom. The maximum atomic E-state index is 13.0. The molecule has 0 saturated heterocycles. The second kappa shape index (κ2) is 7.99. The first-order valence-electron chi connectivity index (χ1n) is 7.99. The number of hydrogen-bond acceptors (Lipinski definition) is 2. The van der Waals surface area contributed by atoms with E-state index in [4.69, 9.17) is 22.1 Å². The lowest BCUT2D eigenvalue weighted by Crippen LogP contribution is -2.07. The minimum Gasteiger partial charge on any atom is -0.457 e. The summed E-state index contributed by atoms with van der Waals surface area (Å²) in [6, 6.07) is 7.27. The van der Waals surface area contributed by atoms with Crippen molar-refractivity contribution in [1.29, 1.82) is 0 Å². The first-order chi connectivity index (χ1) is 12.1. The van der Waals surface area contributed by atoms with Gasteiger partial charge in [0.1, 0.15) is 11.5 Å². The van der Waals surface area contributed by atoms with Crippen molar-refractivity contribution in [2.45, 2.75) is 33.4 Å². The molecule has 2 aromatic rings. The minimum atomic E-state index is -4.53. The molecule has 0 spiro atoms. The molecule has 7 heteroatoms. The van der Waals surface area contributed by atoms with Crippen LogP contribution in [0.3, 0.4) is 0 Å². The molecule has 0 fully saturated rings. The number of nitrogens with zero attached hydrogens (tertiary/aromatic N) is 1. The lowest BCUT2D eigenvalue weighted by Gasteiger charge is -2.15. The van der Waals surface area contributed by atoms with Crippen molar-refractivity contribution >= 4 is 17.4 Å². The van der Waals surface area contributed by atoms with E-state index in [0.29, 0.717) is 18.1 Å². The number of ether oxygens (including phenoxy) is 1. The summed E-state index contributed by atoms with van der Waals surface area (Å²) >= 11 is 5.64. The molecule has 2 N–H and O–H groups in total. The van der Waals surface area contributed by atoms with Gasteiger partial charge >= 0.3 is 6.18 Å². The van der Waals surface area contributed by atoms with Gasteiger partial charge in [0.15, 0.2) is 0 Å². The third-order valence-corrected chi connectivity index (χ3v) is 4.18. The van der Waals surface area contributed by atoms with Gasteiger partial charge in [-0.05, 0) is 68.1 Å². The number of amidine groups is 1. The van der Waals surface area contributed by atoms with Crippen LogP contribution in [-0.4, -0.2) is 12.4 Å². The molecule has 0 heterocycles. The lowest BCUT2D eigenvalue weighted by atomic mass is 10.0. The highest BCUT2D eigenvalue weighted by molar-refractivity contribution is 6.31. The van der Waals surface area contributed by atoms with Gasteiger partial charge in [0.05, 0.1) is 16.4 Å². The molecule has 0 aromatic heterocycles. The Hall–Kier alpha value is -2.21. The first kappa shape index (κ1) is 20.1. The largest absolute Gasteiger partial charge is 0.457 e. The molecule has 0 bridgehead atoms. The zero-order chi connectivity index (χ0) is 19.5. The summed E-state index contributed by atoms with van der Waals surface area (Å²) in [5, 5.41) is -0.358. The Balaban J connectivity index is 2.25. The summed E-state index contributed by atoms with van der Waals surface area (Å²) in [5.41, 5.74) is 7.49. The highest BCUT2D eigenvalue weighted by Crippen LogP contribution is 2.38. The van der Waals surface area contributed by atoms with Crippen LogP contribution in [0.4, 0.5) is 13.2 Å². The fourth-order valence-electron chi connectivity index (χ4n) is 2.49. The molecule has 2 aromatic carbocycles. The Labute approximate surface area is 155 Å². The van der Waals surface area contributed by atoms with E-state index in [-0.39, 0.29) is 10.8 Å². The van der Waals surface area contributed by atoms with Crippen molar-refractivity contribution in [1.82, 2.24) is 0 Å². The van der Waals surface area contributed by atoms with Crippen LogP contribution in [0.25, 0.3) is 0 Å². The number of alkyl halides is 3. The second-order valence-electron chi connectivity index (χ2n) is 6.06. The van der Waals surface area contributed by atoms with E-state index < -0.39 is 11.7 Å². The molecule has 0 saturated carbocycles. The van der Waals surface area contributed by atoms with Gasteiger partial charge in [-0.2, -0.15) is 13.2 Å². The number of hydrogen-bond donors (Lipinski definition) is 1. The van der Waals surface area contributed by atoms with Crippen molar-refractivity contribution in [2.75, 3.05) is 6.54 Å². The number of benzene rings is 2. The highest BCUT2D eigenvalue weighted by Gasteiger charge is 2.33. The highest BCUT2D eigenvalue weighted by atomic mass is 35.5. The third kappa shape index (κ3) is 5.14. The predicted octanol–water partition coefficient (Wildman–Crippen LogP) is 5.69. The Morgan fingerprint density at radius 2 is 1.85 bits per heavy atom. The fraction of sp³-hybridized carbons (Fsp3) is 0.316. The fourth-order valence-corrected chi connectivity index (χ4v) is 2.72. The maximum Gasteiger partial charge on any atom is 0.417 e. The lowest BCUT2D eigenvalue weighted by molar-refractivity contribution is -0.137. The summed E-state index contributed by atoms with van der Waals surface area (Å²) in [4.78, 5) is 4.17. The number of aliphatic imine (C=N–C) groups is 1. The van der Waals surface area contributed by atoms with Crippen molar-refractivity contribution in [3.05, 3.63) is 57.6 Å². The van der Waals surface area contributed by atoms with Crippen molar-refractivity contribution < 1.29 is 17.9 Å². The molecular formula is C19H20ClF3N2O. The zero-order valence-electron chi connectivity index (χ0n) is 14.7. The Kier molecular flexibility index (Phi) is 6.18. The maximum absolute atomic E-state index is 13.0. The van der Waals surface area contributed by atoms with Crippen LogP contribution >= 0.6 is 11.6 Å². The van der Waals surface area contributed by atoms with E-state index in [2.05, 4.69) is 4.99 Å². The van der Waals surface area contributed by atoms with E-state index >= 15 is 0 Å². The summed E-state index contributed by atoms with van der Waals surface area (Å²) in [5.74, 6) is 1.11. The molecule has 0 radical (unpaired) electrons. The van der Waals surface area contributed by atoms with E-state index in [1.165, 1.54) is 12.1 Å². The van der Waals surface area contributed by atoms with Gasteiger partial charge in [-0.15, -0.1) is 0 Å². The second-order valence-corrected chi connectivity index (χ2v) is 6.47. The zero-order valence-corrected chi connectivity index (χ0v) is 15.5. The van der Waals surface area contributed by atoms with Gasteiger partial charge < -0.3 is 10.5 Å². The average molecular weight is 385 g/mol. The number of nitrogens with two attached hydrogens (primary N) is 1. The molecule has 0 amide bonds. The van der Waals surface area contributed by atoms with E-state index in [0.717, 1.165) is 29.2 Å². The van der Waals surface area contributed by atoms with E-state index in [9.17, 15) is 13.2 Å². The normalized spacial score (nSPS) is 12.3. The SMILES string of the molecule is CC(N)=NCCc1cc(C)c(Oc2ccc(Cl)c(C(F)(F)F)c2)cc1C. The standard InChI is InChI=1S/C19H20ClF3N2O/c1-11-9-18(12(2)8-14(11)6-7-25-13(3)24)26-15-4-5-17(20)16(10-15)19(21,22)23/h4-5,8-10H,6-7H2,1-3H3,(H2,24,25). The van der Waals surface area contributed by atoms with Crippen molar-refractivity contribution in [3.8, 4) is 11.5 Å². The van der Waals surface area contributed by atoms with Crippen LogP contribution < -0.4 is 10.5 Å². The molecule has 3 nitrogen and oxygen atoms in total. The van der Waals surface area contributed by atoms with Crippen molar-refractivity contribution in [2.24, 2.45) is 10.7 Å². The molecule has 0 aliphatic heterocycles. The van der Waals surface area contributed by atoms with Crippen LogP contribution in [0.2, 0.25) is 5.02 Å². The quantitative estimate of drug-likeness (QED) is 0.532. The van der Waals surface area contributed by atoms with Crippen LogP contribution in [0.15, 0.2) is 35.3 Å². The molecule has 2 rings (SSSR count). The van der Waals surface area contributed by atoms with Crippen LogP contribution in [0, 0.1) is 13.8 Å². The molecule has 140 valence electrons. The number of aryl methyl sites for hydroxylation is 2.